The minimum absolute atomic E-state index is 0. The van der Waals surface area contributed by atoms with Crippen molar-refractivity contribution in [2.45, 2.75) is 39.3 Å². The summed E-state index contributed by atoms with van der Waals surface area (Å²) in [5.41, 5.74) is 0. The Hall–Kier alpha value is -0.760. The van der Waals surface area contributed by atoms with Gasteiger partial charge in [-0.15, -0.1) is 24.0 Å². The van der Waals surface area contributed by atoms with Crippen LogP contribution in [-0.4, -0.2) is 43.1 Å². The normalized spacial score (nSPS) is 14.9. The van der Waals surface area contributed by atoms with Crippen molar-refractivity contribution in [3.63, 3.8) is 0 Å². The summed E-state index contributed by atoms with van der Waals surface area (Å²) in [5.74, 6) is 1.74. The molecule has 120 valence electrons. The summed E-state index contributed by atoms with van der Waals surface area (Å²) in [5, 5.41) is 6.65. The van der Waals surface area contributed by atoms with Crippen molar-refractivity contribution in [3.8, 4) is 0 Å². The third kappa shape index (κ3) is 6.69. The number of hydrogen-bond acceptors (Lipinski definition) is 3. The summed E-state index contributed by atoms with van der Waals surface area (Å²) in [6.45, 7) is 8.88. The average molecular weight is 406 g/mol. The molecule has 21 heavy (non-hydrogen) atoms. The molecule has 1 aromatic rings. The summed E-state index contributed by atoms with van der Waals surface area (Å²) in [4.78, 5) is 7.05. The minimum atomic E-state index is 0. The van der Waals surface area contributed by atoms with Crippen molar-refractivity contribution in [2.24, 2.45) is 4.99 Å². The molecule has 0 spiro atoms. The molecule has 0 atom stereocenters. The highest BCUT2D eigenvalue weighted by Crippen LogP contribution is 2.25. The Bertz CT molecular complexity index is 404. The second kappa shape index (κ2) is 10.0. The second-order valence-corrected chi connectivity index (χ2v) is 5.06. The summed E-state index contributed by atoms with van der Waals surface area (Å²) in [7, 11) is 0. The predicted octanol–water partition coefficient (Wildman–Crippen LogP) is 2.44. The molecule has 1 saturated carbocycles. The maximum Gasteiger partial charge on any atom is 0.191 e. The van der Waals surface area contributed by atoms with Gasteiger partial charge >= 0.3 is 0 Å². The molecule has 0 unspecified atom stereocenters. The van der Waals surface area contributed by atoms with Gasteiger partial charge in [0.25, 0.3) is 0 Å². The van der Waals surface area contributed by atoms with Crippen molar-refractivity contribution in [1.82, 2.24) is 15.5 Å². The Morgan fingerprint density at radius 3 is 2.76 bits per heavy atom. The lowest BCUT2D eigenvalue weighted by Crippen LogP contribution is -2.42. The maximum atomic E-state index is 5.29. The molecular formula is C15H27IN4O. The Kier molecular flexibility index (Phi) is 8.75. The molecule has 2 rings (SSSR count). The van der Waals surface area contributed by atoms with E-state index in [0.717, 1.165) is 43.9 Å². The van der Waals surface area contributed by atoms with E-state index >= 15 is 0 Å². The number of nitrogens with zero attached hydrogens (tertiary/aromatic N) is 2. The number of likely N-dealkylation sites (N-methyl/N-ethyl adjacent to an activating group) is 1. The average Bonchev–Trinajstić information content (AvgIpc) is 3.16. The van der Waals surface area contributed by atoms with Gasteiger partial charge in [0.15, 0.2) is 5.96 Å². The molecule has 5 nitrogen and oxygen atoms in total. The molecule has 0 amide bonds. The van der Waals surface area contributed by atoms with E-state index in [1.165, 1.54) is 12.8 Å². The van der Waals surface area contributed by atoms with E-state index in [-0.39, 0.29) is 24.0 Å². The van der Waals surface area contributed by atoms with Crippen LogP contribution in [0.5, 0.6) is 0 Å². The van der Waals surface area contributed by atoms with E-state index in [2.05, 4.69) is 34.4 Å². The lowest BCUT2D eigenvalue weighted by Gasteiger charge is -2.20. The predicted molar refractivity (Wildman–Crippen MR) is 97.2 cm³/mol. The molecule has 1 heterocycles. The van der Waals surface area contributed by atoms with Crippen molar-refractivity contribution >= 4 is 29.9 Å². The van der Waals surface area contributed by atoms with Gasteiger partial charge in [-0.05, 0) is 38.4 Å². The Morgan fingerprint density at radius 1 is 1.38 bits per heavy atom. The van der Waals surface area contributed by atoms with Gasteiger partial charge in [-0.1, -0.05) is 6.92 Å². The van der Waals surface area contributed by atoms with Crippen LogP contribution < -0.4 is 10.6 Å². The second-order valence-electron chi connectivity index (χ2n) is 5.06. The van der Waals surface area contributed by atoms with Crippen LogP contribution in [0.1, 0.15) is 32.4 Å². The molecule has 1 aromatic heterocycles. The van der Waals surface area contributed by atoms with Crippen molar-refractivity contribution in [2.75, 3.05) is 26.2 Å². The number of aliphatic imine (C=N–C) groups is 1. The zero-order valence-corrected chi connectivity index (χ0v) is 15.3. The number of rotatable bonds is 8. The van der Waals surface area contributed by atoms with E-state index in [4.69, 9.17) is 4.42 Å². The Morgan fingerprint density at radius 2 is 2.19 bits per heavy atom. The molecular weight excluding hydrogens is 379 g/mol. The van der Waals surface area contributed by atoms with Gasteiger partial charge in [0.05, 0.1) is 6.26 Å². The number of furan rings is 1. The first kappa shape index (κ1) is 18.3. The minimum Gasteiger partial charge on any atom is -0.467 e. The molecule has 0 bridgehead atoms. The first-order chi connectivity index (χ1) is 9.83. The highest BCUT2D eigenvalue weighted by atomic mass is 127. The fraction of sp³-hybridized carbons (Fsp3) is 0.667. The Balaban J connectivity index is 0.00000220. The molecule has 1 aliphatic carbocycles. The van der Waals surface area contributed by atoms with Crippen LogP contribution in [0.25, 0.3) is 0 Å². The smallest absolute Gasteiger partial charge is 0.191 e. The molecule has 0 radical (unpaired) electrons. The van der Waals surface area contributed by atoms with Crippen LogP contribution in [0.15, 0.2) is 27.8 Å². The monoisotopic (exact) mass is 406 g/mol. The molecule has 1 aliphatic rings. The van der Waals surface area contributed by atoms with Crippen molar-refractivity contribution in [1.29, 1.82) is 0 Å². The van der Waals surface area contributed by atoms with Gasteiger partial charge in [0, 0.05) is 25.7 Å². The van der Waals surface area contributed by atoms with Gasteiger partial charge in [0.1, 0.15) is 12.3 Å². The van der Waals surface area contributed by atoms with Crippen molar-refractivity contribution in [3.05, 3.63) is 24.2 Å². The number of guanidine groups is 1. The number of hydrogen-bond donors (Lipinski definition) is 2. The summed E-state index contributed by atoms with van der Waals surface area (Å²) < 4.78 is 5.29. The number of nitrogens with one attached hydrogen (secondary N) is 2. The van der Waals surface area contributed by atoms with E-state index in [0.29, 0.717) is 6.54 Å². The van der Waals surface area contributed by atoms with Gasteiger partial charge < -0.3 is 15.1 Å². The topological polar surface area (TPSA) is 52.8 Å². The van der Waals surface area contributed by atoms with E-state index in [1.54, 1.807) is 6.26 Å². The summed E-state index contributed by atoms with van der Waals surface area (Å²) in [6, 6.07) is 4.66. The number of halogens is 1. The van der Waals surface area contributed by atoms with Crippen LogP contribution in [0.4, 0.5) is 0 Å². The highest BCUT2D eigenvalue weighted by molar-refractivity contribution is 14.0. The fourth-order valence-electron chi connectivity index (χ4n) is 2.26. The largest absolute Gasteiger partial charge is 0.467 e. The van der Waals surface area contributed by atoms with Crippen LogP contribution in [0, 0.1) is 0 Å². The first-order valence-electron chi connectivity index (χ1n) is 7.62. The van der Waals surface area contributed by atoms with Crippen LogP contribution in [0.3, 0.4) is 0 Å². The van der Waals surface area contributed by atoms with E-state index in [9.17, 15) is 0 Å². The lowest BCUT2D eigenvalue weighted by molar-refractivity contribution is 0.282. The molecule has 0 aromatic carbocycles. The zero-order valence-electron chi connectivity index (χ0n) is 13.0. The van der Waals surface area contributed by atoms with Crippen LogP contribution >= 0.6 is 24.0 Å². The molecule has 2 N–H and O–H groups in total. The SMILES string of the molecule is CCNC(=NCc1ccco1)NCCN(CC)C1CC1.I. The van der Waals surface area contributed by atoms with Crippen LogP contribution in [-0.2, 0) is 6.54 Å². The molecule has 1 fully saturated rings. The first-order valence-corrected chi connectivity index (χ1v) is 7.62. The third-order valence-corrected chi connectivity index (χ3v) is 3.48. The van der Waals surface area contributed by atoms with Crippen LogP contribution in [0.2, 0.25) is 0 Å². The van der Waals surface area contributed by atoms with Gasteiger partial charge in [-0.25, -0.2) is 4.99 Å². The van der Waals surface area contributed by atoms with Gasteiger partial charge in [-0.2, -0.15) is 0 Å². The summed E-state index contributed by atoms with van der Waals surface area (Å²) >= 11 is 0. The van der Waals surface area contributed by atoms with E-state index < -0.39 is 0 Å². The standard InChI is InChI=1S/C15H26N4O.HI/c1-3-16-15(18-12-14-6-5-11-20-14)17-9-10-19(4-2)13-7-8-13;/h5-6,11,13H,3-4,7-10,12H2,1-2H3,(H2,16,17,18);1H. The van der Waals surface area contributed by atoms with Crippen molar-refractivity contribution < 1.29 is 4.42 Å². The van der Waals surface area contributed by atoms with Gasteiger partial charge in [-0.3, -0.25) is 4.90 Å². The Labute approximate surface area is 144 Å². The molecule has 0 saturated heterocycles. The zero-order chi connectivity index (χ0) is 14.2. The molecule has 6 heteroatoms. The van der Waals surface area contributed by atoms with Gasteiger partial charge in [0.2, 0.25) is 0 Å². The third-order valence-electron chi connectivity index (χ3n) is 3.48. The maximum absolute atomic E-state index is 5.29. The lowest BCUT2D eigenvalue weighted by atomic mass is 10.4. The highest BCUT2D eigenvalue weighted by Gasteiger charge is 2.27. The molecule has 0 aliphatic heterocycles. The van der Waals surface area contributed by atoms with E-state index in [1.807, 2.05) is 12.1 Å². The quantitative estimate of drug-likeness (QED) is 0.396. The summed E-state index contributed by atoms with van der Waals surface area (Å²) in [6.07, 6.45) is 4.40. The fourth-order valence-corrected chi connectivity index (χ4v) is 2.26.